The first-order valence-corrected chi connectivity index (χ1v) is 6.77. The van der Waals surface area contributed by atoms with Gasteiger partial charge in [0.2, 0.25) is 0 Å². The van der Waals surface area contributed by atoms with Gasteiger partial charge in [-0.1, -0.05) is 31.2 Å². The Morgan fingerprint density at radius 1 is 1.45 bits per heavy atom. The highest BCUT2D eigenvalue weighted by Crippen LogP contribution is 2.26. The number of aliphatic carboxylic acids is 1. The summed E-state index contributed by atoms with van der Waals surface area (Å²) in [5, 5.41) is 11.5. The van der Waals surface area contributed by atoms with Crippen LogP contribution in [0.5, 0.6) is 0 Å². The molecular formula is C15H19NO4. The van der Waals surface area contributed by atoms with Crippen molar-refractivity contribution in [1.82, 2.24) is 5.32 Å². The van der Waals surface area contributed by atoms with E-state index in [0.29, 0.717) is 13.2 Å². The van der Waals surface area contributed by atoms with Crippen molar-refractivity contribution in [3.8, 4) is 0 Å². The van der Waals surface area contributed by atoms with Crippen molar-refractivity contribution in [3.63, 3.8) is 0 Å². The van der Waals surface area contributed by atoms with Crippen LogP contribution in [-0.4, -0.2) is 30.1 Å². The van der Waals surface area contributed by atoms with Crippen molar-refractivity contribution in [2.45, 2.75) is 25.9 Å². The predicted molar refractivity (Wildman–Crippen MR) is 73.3 cm³/mol. The van der Waals surface area contributed by atoms with Gasteiger partial charge in [-0.3, -0.25) is 9.59 Å². The molecule has 2 unspecified atom stereocenters. The fraction of sp³-hybridized carbons (Fsp3) is 0.467. The SMILES string of the molecule is CC(CNC(=O)C1OCCc2ccccc21)CC(=O)O. The third kappa shape index (κ3) is 3.57. The van der Waals surface area contributed by atoms with E-state index in [4.69, 9.17) is 9.84 Å². The van der Waals surface area contributed by atoms with Crippen LogP contribution in [0.4, 0.5) is 0 Å². The molecule has 1 amide bonds. The van der Waals surface area contributed by atoms with E-state index in [0.717, 1.165) is 17.5 Å². The maximum atomic E-state index is 12.2. The molecule has 2 N–H and O–H groups in total. The molecule has 2 atom stereocenters. The molecule has 0 radical (unpaired) electrons. The van der Waals surface area contributed by atoms with Gasteiger partial charge in [0.1, 0.15) is 0 Å². The lowest BCUT2D eigenvalue weighted by Crippen LogP contribution is -2.36. The molecule has 20 heavy (non-hydrogen) atoms. The highest BCUT2D eigenvalue weighted by molar-refractivity contribution is 5.83. The lowest BCUT2D eigenvalue weighted by atomic mass is 9.97. The van der Waals surface area contributed by atoms with Gasteiger partial charge in [0.05, 0.1) is 6.61 Å². The molecule has 0 aromatic heterocycles. The monoisotopic (exact) mass is 277 g/mol. The van der Waals surface area contributed by atoms with Crippen LogP contribution < -0.4 is 5.32 Å². The molecular weight excluding hydrogens is 258 g/mol. The molecule has 5 nitrogen and oxygen atoms in total. The number of fused-ring (bicyclic) bond motifs is 1. The van der Waals surface area contributed by atoms with Crippen LogP contribution in [0.25, 0.3) is 0 Å². The molecule has 0 saturated carbocycles. The zero-order valence-electron chi connectivity index (χ0n) is 11.5. The van der Waals surface area contributed by atoms with Crippen molar-refractivity contribution in [2.75, 3.05) is 13.2 Å². The van der Waals surface area contributed by atoms with Crippen LogP contribution in [0.2, 0.25) is 0 Å². The number of hydrogen-bond donors (Lipinski definition) is 2. The standard InChI is InChI=1S/C15H19NO4/c1-10(8-13(17)18)9-16-15(19)14-12-5-3-2-4-11(12)6-7-20-14/h2-5,10,14H,6-9H2,1H3,(H,16,19)(H,17,18). The quantitative estimate of drug-likeness (QED) is 0.855. The summed E-state index contributed by atoms with van der Waals surface area (Å²) in [6.07, 6.45) is 0.273. The predicted octanol–water partition coefficient (Wildman–Crippen LogP) is 1.53. The maximum Gasteiger partial charge on any atom is 0.303 e. The summed E-state index contributed by atoms with van der Waals surface area (Å²) in [4.78, 5) is 22.7. The van der Waals surface area contributed by atoms with E-state index in [2.05, 4.69) is 5.32 Å². The average molecular weight is 277 g/mol. The summed E-state index contributed by atoms with van der Waals surface area (Å²) in [7, 11) is 0. The summed E-state index contributed by atoms with van der Waals surface area (Å²) in [5.74, 6) is -1.16. The minimum absolute atomic E-state index is 0.0440. The summed E-state index contributed by atoms with van der Waals surface area (Å²) in [6, 6.07) is 7.75. The fourth-order valence-electron chi connectivity index (χ4n) is 2.35. The second kappa shape index (κ2) is 6.52. The van der Waals surface area contributed by atoms with Crippen LogP contribution >= 0.6 is 0 Å². The number of amides is 1. The van der Waals surface area contributed by atoms with E-state index in [-0.39, 0.29) is 18.2 Å². The Hall–Kier alpha value is -1.88. The zero-order valence-corrected chi connectivity index (χ0v) is 11.5. The van der Waals surface area contributed by atoms with Crippen molar-refractivity contribution >= 4 is 11.9 Å². The van der Waals surface area contributed by atoms with Gasteiger partial charge in [-0.25, -0.2) is 0 Å². The van der Waals surface area contributed by atoms with Gasteiger partial charge in [0.25, 0.3) is 5.91 Å². The first kappa shape index (κ1) is 14.5. The topological polar surface area (TPSA) is 75.6 Å². The number of carboxylic acids is 1. The number of carbonyl (C=O) groups excluding carboxylic acids is 1. The highest BCUT2D eigenvalue weighted by atomic mass is 16.5. The van der Waals surface area contributed by atoms with E-state index in [1.54, 1.807) is 6.92 Å². The number of benzene rings is 1. The summed E-state index contributed by atoms with van der Waals surface area (Å²) in [6.45, 7) is 2.66. The smallest absolute Gasteiger partial charge is 0.303 e. The molecule has 1 aromatic carbocycles. The molecule has 108 valence electrons. The molecule has 0 fully saturated rings. The second-order valence-corrected chi connectivity index (χ2v) is 5.15. The van der Waals surface area contributed by atoms with E-state index < -0.39 is 12.1 Å². The van der Waals surface area contributed by atoms with E-state index in [1.807, 2.05) is 24.3 Å². The highest BCUT2D eigenvalue weighted by Gasteiger charge is 2.27. The summed E-state index contributed by atoms with van der Waals surface area (Å²) < 4.78 is 5.55. The second-order valence-electron chi connectivity index (χ2n) is 5.15. The normalized spacial score (nSPS) is 18.9. The molecule has 0 aliphatic carbocycles. The van der Waals surface area contributed by atoms with Crippen molar-refractivity contribution in [3.05, 3.63) is 35.4 Å². The van der Waals surface area contributed by atoms with Gasteiger partial charge in [-0.2, -0.15) is 0 Å². The van der Waals surface area contributed by atoms with Crippen LogP contribution in [0, 0.1) is 5.92 Å². The first-order chi connectivity index (χ1) is 9.58. The van der Waals surface area contributed by atoms with Gasteiger partial charge in [-0.15, -0.1) is 0 Å². The Bertz CT molecular complexity index is 500. The van der Waals surface area contributed by atoms with E-state index >= 15 is 0 Å². The van der Waals surface area contributed by atoms with E-state index in [9.17, 15) is 9.59 Å². The number of ether oxygens (including phenoxy) is 1. The molecule has 0 bridgehead atoms. The summed E-state index contributed by atoms with van der Waals surface area (Å²) >= 11 is 0. The lowest BCUT2D eigenvalue weighted by Gasteiger charge is -2.25. The third-order valence-electron chi connectivity index (χ3n) is 3.38. The number of nitrogens with one attached hydrogen (secondary N) is 1. The lowest BCUT2D eigenvalue weighted by molar-refractivity contribution is -0.139. The van der Waals surface area contributed by atoms with E-state index in [1.165, 1.54) is 0 Å². The minimum atomic E-state index is -0.856. The molecule has 1 aliphatic rings. The average Bonchev–Trinajstić information content (AvgIpc) is 2.43. The maximum absolute atomic E-state index is 12.2. The molecule has 1 aliphatic heterocycles. The Morgan fingerprint density at radius 3 is 2.95 bits per heavy atom. The molecule has 1 aromatic rings. The largest absolute Gasteiger partial charge is 0.481 e. The van der Waals surface area contributed by atoms with Crippen molar-refractivity contribution < 1.29 is 19.4 Å². The van der Waals surface area contributed by atoms with Crippen LogP contribution in [0.3, 0.4) is 0 Å². The van der Waals surface area contributed by atoms with Gasteiger partial charge in [0.15, 0.2) is 6.10 Å². The van der Waals surface area contributed by atoms with Crippen LogP contribution in [0.1, 0.15) is 30.6 Å². The van der Waals surface area contributed by atoms with Crippen LogP contribution in [0.15, 0.2) is 24.3 Å². The Balaban J connectivity index is 1.95. The molecule has 2 rings (SSSR count). The van der Waals surface area contributed by atoms with Gasteiger partial charge < -0.3 is 15.2 Å². The van der Waals surface area contributed by atoms with Crippen LogP contribution in [-0.2, 0) is 20.7 Å². The Kier molecular flexibility index (Phi) is 4.74. The molecule has 5 heteroatoms. The first-order valence-electron chi connectivity index (χ1n) is 6.77. The summed E-state index contributed by atoms with van der Waals surface area (Å²) in [5.41, 5.74) is 2.04. The Labute approximate surface area is 117 Å². The number of rotatable bonds is 5. The Morgan fingerprint density at radius 2 is 2.20 bits per heavy atom. The molecule has 1 heterocycles. The number of carbonyl (C=O) groups is 2. The van der Waals surface area contributed by atoms with Crippen molar-refractivity contribution in [2.24, 2.45) is 5.92 Å². The van der Waals surface area contributed by atoms with Crippen molar-refractivity contribution in [1.29, 1.82) is 0 Å². The fourth-order valence-corrected chi connectivity index (χ4v) is 2.35. The number of hydrogen-bond acceptors (Lipinski definition) is 3. The van der Waals surface area contributed by atoms with Gasteiger partial charge in [0, 0.05) is 13.0 Å². The third-order valence-corrected chi connectivity index (χ3v) is 3.38. The number of carboxylic acid groups (broad SMARTS) is 1. The molecule has 0 saturated heterocycles. The minimum Gasteiger partial charge on any atom is -0.481 e. The van der Waals surface area contributed by atoms with Gasteiger partial charge >= 0.3 is 5.97 Å². The molecule has 0 spiro atoms. The zero-order chi connectivity index (χ0) is 14.5. The van der Waals surface area contributed by atoms with Gasteiger partial charge in [-0.05, 0) is 23.5 Å².